The lowest BCUT2D eigenvalue weighted by Crippen LogP contribution is -2.53. The van der Waals surface area contributed by atoms with Crippen molar-refractivity contribution in [3.63, 3.8) is 0 Å². The van der Waals surface area contributed by atoms with Crippen molar-refractivity contribution in [1.29, 1.82) is 0 Å². The van der Waals surface area contributed by atoms with Gasteiger partial charge in [0.25, 0.3) is 0 Å². The Hall–Kier alpha value is 0.114. The highest BCUT2D eigenvalue weighted by molar-refractivity contribution is 6.62. The van der Waals surface area contributed by atoms with Crippen LogP contribution in [0.5, 0.6) is 0 Å². The van der Waals surface area contributed by atoms with Crippen LogP contribution in [0, 0.1) is 0 Å². The van der Waals surface area contributed by atoms with E-state index >= 15 is 0 Å². The van der Waals surface area contributed by atoms with Gasteiger partial charge in [-0.05, 0) is 25.9 Å². The molecule has 0 spiro atoms. The minimum atomic E-state index is -2.71. The second kappa shape index (κ2) is 15.0. The molecule has 170 valence electrons. The predicted octanol–water partition coefficient (Wildman–Crippen LogP) is 2.34. The lowest BCUT2D eigenvalue weighted by atomic mass is 10.2. The summed E-state index contributed by atoms with van der Waals surface area (Å²) >= 11 is 0. The van der Waals surface area contributed by atoms with Crippen molar-refractivity contribution in [3.05, 3.63) is 0 Å². The molecule has 0 rings (SSSR count). The molecule has 8 nitrogen and oxygen atoms in total. The molecule has 0 aliphatic rings. The van der Waals surface area contributed by atoms with E-state index in [1.165, 1.54) is 6.42 Å². The first-order valence-electron chi connectivity index (χ1n) is 10.1. The van der Waals surface area contributed by atoms with Gasteiger partial charge in [0, 0.05) is 66.8 Å². The third-order valence-electron chi connectivity index (χ3n) is 5.41. The van der Waals surface area contributed by atoms with Crippen LogP contribution in [0.1, 0.15) is 39.5 Å². The number of rotatable bonds is 18. The molecule has 0 aromatic rings. The van der Waals surface area contributed by atoms with Crippen molar-refractivity contribution in [1.82, 2.24) is 4.90 Å². The fourth-order valence-electron chi connectivity index (χ4n) is 3.80. The molecular formula is C18H44N2O6Si2. The zero-order chi connectivity index (χ0) is 21.6. The fourth-order valence-corrected chi connectivity index (χ4v) is 8.17. The van der Waals surface area contributed by atoms with Crippen molar-refractivity contribution >= 4 is 17.6 Å². The van der Waals surface area contributed by atoms with Crippen molar-refractivity contribution in [2.24, 2.45) is 5.73 Å². The molecular weight excluding hydrogens is 396 g/mol. The Labute approximate surface area is 174 Å². The first-order valence-corrected chi connectivity index (χ1v) is 13.7. The first kappa shape index (κ1) is 28.1. The summed E-state index contributed by atoms with van der Waals surface area (Å²) in [4.78, 5) is 2.43. The van der Waals surface area contributed by atoms with Gasteiger partial charge >= 0.3 is 17.6 Å². The molecule has 0 aliphatic heterocycles. The number of hydrogen-bond acceptors (Lipinski definition) is 8. The Bertz CT molecular complexity index is 343. The molecule has 0 fully saturated rings. The summed E-state index contributed by atoms with van der Waals surface area (Å²) in [5.74, 6) is 0. The molecule has 0 saturated carbocycles. The molecule has 0 saturated heterocycles. The maximum Gasteiger partial charge on any atom is 0.504 e. The Morgan fingerprint density at radius 2 is 1.00 bits per heavy atom. The molecule has 0 bridgehead atoms. The van der Waals surface area contributed by atoms with Gasteiger partial charge in [0.1, 0.15) is 0 Å². The summed E-state index contributed by atoms with van der Waals surface area (Å²) in [6.45, 7) is 7.60. The van der Waals surface area contributed by atoms with E-state index in [0.29, 0.717) is 0 Å². The zero-order valence-corrected chi connectivity index (χ0v) is 21.3. The topological polar surface area (TPSA) is 84.6 Å². The van der Waals surface area contributed by atoms with Crippen LogP contribution >= 0.6 is 0 Å². The highest BCUT2D eigenvalue weighted by Crippen LogP contribution is 2.29. The molecule has 2 atom stereocenters. The molecule has 2 N–H and O–H groups in total. The summed E-state index contributed by atoms with van der Waals surface area (Å²) in [6, 6.07) is 0. The highest BCUT2D eigenvalue weighted by Gasteiger charge is 2.47. The maximum absolute atomic E-state index is 5.68. The average Bonchev–Trinajstić information content (AvgIpc) is 2.71. The van der Waals surface area contributed by atoms with Crippen LogP contribution in [0.25, 0.3) is 0 Å². The Balaban J connectivity index is 5.18. The Morgan fingerprint density at radius 1 is 0.643 bits per heavy atom. The fraction of sp³-hybridized carbons (Fsp3) is 1.00. The van der Waals surface area contributed by atoms with Gasteiger partial charge in [-0.15, -0.1) is 0 Å². The van der Waals surface area contributed by atoms with Crippen molar-refractivity contribution in [3.8, 4) is 0 Å². The molecule has 28 heavy (non-hydrogen) atoms. The highest BCUT2D eigenvalue weighted by atomic mass is 28.4. The normalized spacial score (nSPS) is 15.2. The predicted molar refractivity (Wildman–Crippen MR) is 116 cm³/mol. The van der Waals surface area contributed by atoms with Crippen molar-refractivity contribution < 1.29 is 26.6 Å². The minimum Gasteiger partial charge on any atom is -0.377 e. The van der Waals surface area contributed by atoms with Gasteiger partial charge in [-0.2, -0.15) is 0 Å². The van der Waals surface area contributed by atoms with Crippen LogP contribution in [-0.4, -0.2) is 91.3 Å². The standard InChI is InChI=1S/C18H44N2O6Si2/c1-17(27(21-3,22-4)23-5)15-20(14-12-10-9-11-13-19)16-18(2)28(24-6,25-7)26-8/h17-18H,9-16,19H2,1-8H3. The molecule has 0 heterocycles. The van der Waals surface area contributed by atoms with E-state index in [1.807, 2.05) is 0 Å². The zero-order valence-electron chi connectivity index (χ0n) is 19.3. The van der Waals surface area contributed by atoms with Crippen molar-refractivity contribution in [2.75, 3.05) is 68.8 Å². The van der Waals surface area contributed by atoms with Crippen LogP contribution in [-0.2, 0) is 26.6 Å². The average molecular weight is 441 g/mol. The van der Waals surface area contributed by atoms with E-state index in [-0.39, 0.29) is 11.1 Å². The Kier molecular flexibility index (Phi) is 15.1. The van der Waals surface area contributed by atoms with Crippen LogP contribution in [0.15, 0.2) is 0 Å². The summed E-state index contributed by atoms with van der Waals surface area (Å²) in [6.07, 6.45) is 4.52. The minimum absolute atomic E-state index is 0.132. The van der Waals surface area contributed by atoms with Crippen molar-refractivity contribution in [2.45, 2.75) is 50.6 Å². The van der Waals surface area contributed by atoms with Crippen LogP contribution in [0.4, 0.5) is 0 Å². The molecule has 2 unspecified atom stereocenters. The van der Waals surface area contributed by atoms with Gasteiger partial charge < -0.3 is 37.2 Å². The van der Waals surface area contributed by atoms with Crippen LogP contribution in [0.2, 0.25) is 11.1 Å². The van der Waals surface area contributed by atoms with Gasteiger partial charge in [0.05, 0.1) is 0 Å². The smallest absolute Gasteiger partial charge is 0.377 e. The number of hydrogen-bond donors (Lipinski definition) is 1. The first-order chi connectivity index (χ1) is 13.3. The van der Waals surface area contributed by atoms with Gasteiger partial charge in [-0.1, -0.05) is 26.7 Å². The molecule has 0 aliphatic carbocycles. The van der Waals surface area contributed by atoms with Gasteiger partial charge in [0.15, 0.2) is 0 Å². The summed E-state index contributed by atoms with van der Waals surface area (Å²) in [5.41, 5.74) is 5.87. The second-order valence-corrected chi connectivity index (χ2v) is 14.0. The summed E-state index contributed by atoms with van der Waals surface area (Å²) < 4.78 is 34.1. The van der Waals surface area contributed by atoms with E-state index in [9.17, 15) is 0 Å². The molecule has 0 radical (unpaired) electrons. The monoisotopic (exact) mass is 440 g/mol. The second-order valence-electron chi connectivity index (χ2n) is 7.20. The molecule has 10 heteroatoms. The molecule has 0 aromatic carbocycles. The summed E-state index contributed by atoms with van der Waals surface area (Å²) in [5, 5.41) is 0. The van der Waals surface area contributed by atoms with Gasteiger partial charge in [0.2, 0.25) is 0 Å². The van der Waals surface area contributed by atoms with E-state index < -0.39 is 17.6 Å². The van der Waals surface area contributed by atoms with Gasteiger partial charge in [-0.3, -0.25) is 0 Å². The molecule has 0 aromatic heterocycles. The van der Waals surface area contributed by atoms with Crippen LogP contribution < -0.4 is 5.73 Å². The van der Waals surface area contributed by atoms with Crippen LogP contribution in [0.3, 0.4) is 0 Å². The quantitative estimate of drug-likeness (QED) is 0.257. The number of nitrogens with two attached hydrogens (primary N) is 1. The summed E-state index contributed by atoms with van der Waals surface area (Å²) in [7, 11) is 4.55. The van der Waals surface area contributed by atoms with Gasteiger partial charge in [-0.25, -0.2) is 0 Å². The number of unbranched alkanes of at least 4 members (excludes halogenated alkanes) is 3. The largest absolute Gasteiger partial charge is 0.504 e. The van der Waals surface area contributed by atoms with E-state index in [2.05, 4.69) is 18.7 Å². The lowest BCUT2D eigenvalue weighted by molar-refractivity contribution is 0.0949. The third-order valence-corrected chi connectivity index (χ3v) is 11.6. The molecule has 0 amide bonds. The third kappa shape index (κ3) is 8.09. The Morgan fingerprint density at radius 3 is 1.32 bits per heavy atom. The lowest BCUT2D eigenvalue weighted by Gasteiger charge is -2.37. The van der Waals surface area contributed by atoms with E-state index in [4.69, 9.17) is 32.3 Å². The SMILES string of the molecule is CO[Si](OC)(OC)C(C)CN(CCCCCCN)CC(C)[Si](OC)(OC)OC. The van der Waals surface area contributed by atoms with E-state index in [1.54, 1.807) is 42.7 Å². The van der Waals surface area contributed by atoms with E-state index in [0.717, 1.165) is 45.4 Å². The maximum atomic E-state index is 5.68. The number of nitrogens with zero attached hydrogens (tertiary/aromatic N) is 1.